The van der Waals surface area contributed by atoms with E-state index < -0.39 is 0 Å². The Morgan fingerprint density at radius 3 is 3.00 bits per heavy atom. The zero-order valence-corrected chi connectivity index (χ0v) is 16.9. The number of fused-ring (bicyclic) bond motifs is 3. The first-order valence-corrected chi connectivity index (χ1v) is 10.2. The number of thiophene rings is 1. The van der Waals surface area contributed by atoms with Gasteiger partial charge in [-0.1, -0.05) is 12.1 Å². The molecule has 0 saturated heterocycles. The third kappa shape index (κ3) is 3.51. The molecular weight excluding hydrogens is 358 g/mol. The molecule has 2 aromatic heterocycles. The second-order valence-corrected chi connectivity index (χ2v) is 8.47. The predicted octanol–water partition coefficient (Wildman–Crippen LogP) is 3.13. The van der Waals surface area contributed by atoms with Crippen LogP contribution in [0.25, 0.3) is 10.2 Å². The molecule has 4 rings (SSSR count). The van der Waals surface area contributed by atoms with Crippen LogP contribution in [0.3, 0.4) is 0 Å². The Morgan fingerprint density at radius 1 is 1.37 bits per heavy atom. The van der Waals surface area contributed by atoms with Crippen molar-refractivity contribution in [1.82, 2.24) is 14.5 Å². The minimum atomic E-state index is 0.101. The first-order chi connectivity index (χ1) is 13.1. The molecule has 3 aromatic rings. The lowest BCUT2D eigenvalue weighted by Gasteiger charge is -2.27. The van der Waals surface area contributed by atoms with Crippen molar-refractivity contribution in [3.05, 3.63) is 57.0 Å². The van der Waals surface area contributed by atoms with Crippen LogP contribution < -0.4 is 10.3 Å². The highest BCUT2D eigenvalue weighted by molar-refractivity contribution is 7.18. The molecule has 0 amide bonds. The molecule has 0 saturated carbocycles. The molecule has 0 fully saturated rings. The largest absolute Gasteiger partial charge is 0.497 e. The highest BCUT2D eigenvalue weighted by Crippen LogP contribution is 2.34. The van der Waals surface area contributed by atoms with Crippen LogP contribution in [0, 0.1) is 0 Å². The molecule has 1 atom stereocenters. The average Bonchev–Trinajstić information content (AvgIpc) is 3.06. The van der Waals surface area contributed by atoms with Gasteiger partial charge in [-0.05, 0) is 63.0 Å². The van der Waals surface area contributed by atoms with Gasteiger partial charge in [-0.15, -0.1) is 11.3 Å². The summed E-state index contributed by atoms with van der Waals surface area (Å²) < 4.78 is 7.04. The topological polar surface area (TPSA) is 47.4 Å². The monoisotopic (exact) mass is 383 g/mol. The van der Waals surface area contributed by atoms with Gasteiger partial charge in [0.2, 0.25) is 0 Å². The van der Waals surface area contributed by atoms with E-state index in [-0.39, 0.29) is 5.56 Å². The zero-order chi connectivity index (χ0) is 19.0. The molecule has 0 aliphatic heterocycles. The number of aromatic nitrogens is 2. The van der Waals surface area contributed by atoms with Crippen molar-refractivity contribution < 1.29 is 4.74 Å². The lowest BCUT2D eigenvalue weighted by molar-refractivity contribution is 0.270. The zero-order valence-electron chi connectivity index (χ0n) is 16.1. The van der Waals surface area contributed by atoms with Crippen LogP contribution in [-0.2, 0) is 25.8 Å². The van der Waals surface area contributed by atoms with Gasteiger partial charge < -0.3 is 9.64 Å². The maximum atomic E-state index is 13.1. The van der Waals surface area contributed by atoms with Crippen molar-refractivity contribution in [3.63, 3.8) is 0 Å². The Kier molecular flexibility index (Phi) is 5.02. The lowest BCUT2D eigenvalue weighted by Crippen LogP contribution is -2.33. The number of nitrogens with zero attached hydrogens (tertiary/aromatic N) is 3. The molecule has 0 bridgehead atoms. The van der Waals surface area contributed by atoms with E-state index in [9.17, 15) is 4.79 Å². The molecule has 142 valence electrons. The van der Waals surface area contributed by atoms with Crippen molar-refractivity contribution in [3.8, 4) is 5.75 Å². The molecule has 0 N–H and O–H groups in total. The van der Waals surface area contributed by atoms with E-state index in [2.05, 4.69) is 30.0 Å². The average molecular weight is 384 g/mol. The van der Waals surface area contributed by atoms with Crippen molar-refractivity contribution >= 4 is 21.6 Å². The minimum absolute atomic E-state index is 0.101. The number of benzene rings is 1. The summed E-state index contributed by atoms with van der Waals surface area (Å²) in [5, 5.41) is 0.848. The van der Waals surface area contributed by atoms with E-state index in [1.165, 1.54) is 10.4 Å². The SMILES string of the molecule is COc1cccc(CCn2cnc3sc4c(c3c2=O)CCC(N(C)C)C4)c1. The highest BCUT2D eigenvalue weighted by Gasteiger charge is 2.26. The van der Waals surface area contributed by atoms with Gasteiger partial charge in [-0.25, -0.2) is 4.98 Å². The quantitative estimate of drug-likeness (QED) is 0.679. The van der Waals surface area contributed by atoms with Gasteiger partial charge in [0.15, 0.2) is 0 Å². The molecule has 0 radical (unpaired) electrons. The van der Waals surface area contributed by atoms with Gasteiger partial charge in [0, 0.05) is 17.5 Å². The first-order valence-electron chi connectivity index (χ1n) is 9.36. The van der Waals surface area contributed by atoms with Crippen LogP contribution in [0.2, 0.25) is 0 Å². The molecule has 0 spiro atoms. The number of likely N-dealkylation sites (N-methyl/N-ethyl adjacent to an activating group) is 1. The lowest BCUT2D eigenvalue weighted by atomic mass is 9.92. The Morgan fingerprint density at radius 2 is 2.22 bits per heavy atom. The van der Waals surface area contributed by atoms with E-state index in [1.807, 2.05) is 18.2 Å². The molecule has 1 aliphatic carbocycles. The second kappa shape index (κ2) is 7.44. The smallest absolute Gasteiger partial charge is 0.262 e. The fraction of sp³-hybridized carbons (Fsp3) is 0.429. The molecule has 27 heavy (non-hydrogen) atoms. The number of hydrogen-bond acceptors (Lipinski definition) is 5. The third-order valence-corrected chi connectivity index (χ3v) is 6.68. The Balaban J connectivity index is 1.62. The number of aryl methyl sites for hydroxylation is 3. The van der Waals surface area contributed by atoms with Crippen molar-refractivity contribution in [2.75, 3.05) is 21.2 Å². The summed E-state index contributed by atoms with van der Waals surface area (Å²) in [6.45, 7) is 0.625. The fourth-order valence-electron chi connectivity index (χ4n) is 3.86. The molecule has 1 unspecified atom stereocenters. The summed E-state index contributed by atoms with van der Waals surface area (Å²) in [5.41, 5.74) is 2.49. The van der Waals surface area contributed by atoms with Gasteiger partial charge in [-0.3, -0.25) is 9.36 Å². The maximum Gasteiger partial charge on any atom is 0.262 e. The van der Waals surface area contributed by atoms with Crippen LogP contribution in [0.4, 0.5) is 0 Å². The minimum Gasteiger partial charge on any atom is -0.497 e. The number of methoxy groups -OCH3 is 1. The Labute approximate surface area is 163 Å². The summed E-state index contributed by atoms with van der Waals surface area (Å²) in [4.78, 5) is 22.2. The summed E-state index contributed by atoms with van der Waals surface area (Å²) in [7, 11) is 5.93. The van der Waals surface area contributed by atoms with Gasteiger partial charge in [-0.2, -0.15) is 0 Å². The second-order valence-electron chi connectivity index (χ2n) is 7.39. The van der Waals surface area contributed by atoms with E-state index in [0.717, 1.165) is 47.2 Å². The van der Waals surface area contributed by atoms with E-state index in [0.29, 0.717) is 12.6 Å². The molecule has 1 aliphatic rings. The molecule has 1 aromatic carbocycles. The van der Waals surface area contributed by atoms with Crippen LogP contribution in [-0.4, -0.2) is 41.7 Å². The van der Waals surface area contributed by atoms with E-state index in [1.54, 1.807) is 29.3 Å². The number of hydrogen-bond donors (Lipinski definition) is 0. The number of rotatable bonds is 5. The maximum absolute atomic E-state index is 13.1. The molecule has 6 heteroatoms. The van der Waals surface area contributed by atoms with Crippen molar-refractivity contribution in [2.24, 2.45) is 0 Å². The Bertz CT molecular complexity index is 1020. The summed E-state index contributed by atoms with van der Waals surface area (Å²) in [5.74, 6) is 0.843. The Hall–Kier alpha value is -2.18. The van der Waals surface area contributed by atoms with Gasteiger partial charge in [0.1, 0.15) is 10.6 Å². The number of ether oxygens (including phenoxy) is 1. The molecular formula is C21H25N3O2S. The normalized spacial score (nSPS) is 16.7. The van der Waals surface area contributed by atoms with Crippen LogP contribution in [0.1, 0.15) is 22.4 Å². The van der Waals surface area contributed by atoms with Crippen LogP contribution in [0.5, 0.6) is 5.75 Å². The summed E-state index contributed by atoms with van der Waals surface area (Å²) in [6, 6.07) is 8.55. The third-order valence-electron chi connectivity index (χ3n) is 5.52. The summed E-state index contributed by atoms with van der Waals surface area (Å²) in [6.07, 6.45) is 5.57. The standard InChI is InChI=1S/C21H25N3O2S/c1-23(2)15-7-8-17-18(12-15)27-20-19(17)21(25)24(13-22-20)10-9-14-5-4-6-16(11-14)26-3/h4-6,11,13,15H,7-10,12H2,1-3H3. The van der Waals surface area contributed by atoms with Gasteiger partial charge in [0.05, 0.1) is 18.8 Å². The van der Waals surface area contributed by atoms with E-state index in [4.69, 9.17) is 4.74 Å². The van der Waals surface area contributed by atoms with Crippen LogP contribution >= 0.6 is 11.3 Å². The predicted molar refractivity (Wildman–Crippen MR) is 110 cm³/mol. The van der Waals surface area contributed by atoms with Crippen LogP contribution in [0.15, 0.2) is 35.4 Å². The van der Waals surface area contributed by atoms with Crippen molar-refractivity contribution in [1.29, 1.82) is 0 Å². The summed E-state index contributed by atoms with van der Waals surface area (Å²) >= 11 is 1.70. The van der Waals surface area contributed by atoms with E-state index >= 15 is 0 Å². The molecule has 5 nitrogen and oxygen atoms in total. The van der Waals surface area contributed by atoms with Crippen molar-refractivity contribution in [2.45, 2.75) is 38.3 Å². The van der Waals surface area contributed by atoms with Gasteiger partial charge in [0.25, 0.3) is 5.56 Å². The fourth-order valence-corrected chi connectivity index (χ4v) is 5.11. The molecule has 2 heterocycles. The highest BCUT2D eigenvalue weighted by atomic mass is 32.1. The first kappa shape index (κ1) is 18.2. The van der Waals surface area contributed by atoms with Gasteiger partial charge >= 0.3 is 0 Å².